The highest BCUT2D eigenvalue weighted by Gasteiger charge is 2.26. The van der Waals surface area contributed by atoms with Gasteiger partial charge in [-0.15, -0.1) is 0 Å². The second kappa shape index (κ2) is 12.3. The molecule has 9 heteroatoms. The monoisotopic (exact) mass is 519 g/mol. The van der Waals surface area contributed by atoms with E-state index in [0.717, 1.165) is 52.4 Å². The number of urea groups is 1. The van der Waals surface area contributed by atoms with Gasteiger partial charge in [0.25, 0.3) is 0 Å². The molecule has 2 amide bonds. The van der Waals surface area contributed by atoms with Crippen molar-refractivity contribution in [2.45, 2.75) is 39.3 Å². The minimum Gasteiger partial charge on any atom is -0.475 e. The molecular formula is C26H35Cl2N5O2. The topological polar surface area (TPSA) is 60.9 Å². The van der Waals surface area contributed by atoms with Crippen molar-refractivity contribution in [2.75, 3.05) is 51.1 Å². The number of anilines is 1. The standard InChI is InChI=1S/C26H35Cl2N5O2/c1-19(2)35-25-8-5-20(15-29-25)16-32-9-3-4-21(18-32)17-31-10-12-33(13-11-31)26(34)30-22-6-7-23(27)24(28)14-22/h5-8,14-15,19,21H,3-4,9-13,16-18H2,1-2H3,(H,30,34)/t21-/m0/s1. The molecular weight excluding hydrogens is 485 g/mol. The van der Waals surface area contributed by atoms with Crippen LogP contribution in [0.4, 0.5) is 10.5 Å². The van der Waals surface area contributed by atoms with E-state index >= 15 is 0 Å². The van der Waals surface area contributed by atoms with Crippen LogP contribution < -0.4 is 10.1 Å². The summed E-state index contributed by atoms with van der Waals surface area (Å²) in [5, 5.41) is 3.83. The molecule has 0 saturated carbocycles. The molecule has 2 aliphatic rings. The van der Waals surface area contributed by atoms with Gasteiger partial charge in [0.05, 0.1) is 16.1 Å². The first-order valence-electron chi connectivity index (χ1n) is 12.4. The number of hydrogen-bond acceptors (Lipinski definition) is 5. The Hall–Kier alpha value is -2.06. The van der Waals surface area contributed by atoms with Crippen LogP contribution in [0.1, 0.15) is 32.3 Å². The van der Waals surface area contributed by atoms with Crippen LogP contribution in [0, 0.1) is 5.92 Å². The summed E-state index contributed by atoms with van der Waals surface area (Å²) in [5.74, 6) is 1.34. The largest absolute Gasteiger partial charge is 0.475 e. The van der Waals surface area contributed by atoms with Crippen LogP contribution in [0.15, 0.2) is 36.5 Å². The minimum atomic E-state index is -0.0923. The highest BCUT2D eigenvalue weighted by Crippen LogP contribution is 2.25. The lowest BCUT2D eigenvalue weighted by Crippen LogP contribution is -2.52. The van der Waals surface area contributed by atoms with E-state index in [1.807, 2.05) is 31.0 Å². The maximum atomic E-state index is 12.7. The third-order valence-corrected chi connectivity index (χ3v) is 7.25. The molecule has 1 atom stereocenters. The molecule has 0 unspecified atom stereocenters. The molecule has 2 aliphatic heterocycles. The van der Waals surface area contributed by atoms with E-state index in [-0.39, 0.29) is 12.1 Å². The fourth-order valence-electron chi connectivity index (χ4n) is 4.79. The predicted molar refractivity (Wildman–Crippen MR) is 141 cm³/mol. The van der Waals surface area contributed by atoms with E-state index in [4.69, 9.17) is 27.9 Å². The second-order valence-electron chi connectivity index (χ2n) is 9.76. The number of pyridine rings is 1. The van der Waals surface area contributed by atoms with Gasteiger partial charge in [-0.2, -0.15) is 0 Å². The Labute approximate surface area is 218 Å². The Balaban J connectivity index is 1.20. The van der Waals surface area contributed by atoms with Crippen LogP contribution >= 0.6 is 23.2 Å². The van der Waals surface area contributed by atoms with Gasteiger partial charge in [0.15, 0.2) is 0 Å². The molecule has 4 rings (SSSR count). The Bertz CT molecular complexity index is 980. The van der Waals surface area contributed by atoms with E-state index in [2.05, 4.69) is 26.2 Å². The average Bonchev–Trinajstić information content (AvgIpc) is 2.83. The van der Waals surface area contributed by atoms with Gasteiger partial charge in [-0.25, -0.2) is 9.78 Å². The number of piperazine rings is 1. The number of carbonyl (C=O) groups excluding carboxylic acids is 1. The second-order valence-corrected chi connectivity index (χ2v) is 10.6. The highest BCUT2D eigenvalue weighted by molar-refractivity contribution is 6.42. The summed E-state index contributed by atoms with van der Waals surface area (Å²) in [5.41, 5.74) is 1.88. The number of aromatic nitrogens is 1. The number of benzene rings is 1. The van der Waals surface area contributed by atoms with Gasteiger partial charge in [0, 0.05) is 63.8 Å². The number of likely N-dealkylation sites (tertiary alicyclic amines) is 1. The summed E-state index contributed by atoms with van der Waals surface area (Å²) in [6, 6.07) is 9.13. The van der Waals surface area contributed by atoms with Gasteiger partial charge in [0.1, 0.15) is 0 Å². The minimum absolute atomic E-state index is 0.0923. The van der Waals surface area contributed by atoms with Crippen LogP contribution in [0.5, 0.6) is 5.88 Å². The zero-order valence-corrected chi connectivity index (χ0v) is 22.1. The summed E-state index contributed by atoms with van der Waals surface area (Å²) in [6.45, 7) is 11.5. The molecule has 0 aliphatic carbocycles. The third kappa shape index (κ3) is 7.71. The fourth-order valence-corrected chi connectivity index (χ4v) is 5.09. The summed E-state index contributed by atoms with van der Waals surface area (Å²) < 4.78 is 5.65. The quantitative estimate of drug-likeness (QED) is 0.542. The number of ether oxygens (including phenoxy) is 1. The molecule has 0 bridgehead atoms. The zero-order valence-electron chi connectivity index (χ0n) is 20.6. The first-order valence-corrected chi connectivity index (χ1v) is 13.2. The molecule has 1 N–H and O–H groups in total. The van der Waals surface area contributed by atoms with Crippen LogP contribution in [-0.2, 0) is 6.54 Å². The number of carbonyl (C=O) groups is 1. The Kier molecular flexibility index (Phi) is 9.11. The lowest BCUT2D eigenvalue weighted by atomic mass is 9.96. The SMILES string of the molecule is CC(C)Oc1ccc(CN2CCC[C@@H](CN3CCN(C(=O)Nc4ccc(Cl)c(Cl)c4)CC3)C2)cn1. The first kappa shape index (κ1) is 26.0. The van der Waals surface area contributed by atoms with Gasteiger partial charge >= 0.3 is 6.03 Å². The normalized spacial score (nSPS) is 19.7. The van der Waals surface area contributed by atoms with E-state index in [1.54, 1.807) is 18.2 Å². The van der Waals surface area contributed by atoms with Crippen molar-refractivity contribution in [1.82, 2.24) is 19.7 Å². The van der Waals surface area contributed by atoms with Gasteiger partial charge in [-0.3, -0.25) is 9.80 Å². The molecule has 3 heterocycles. The number of halogens is 2. The van der Waals surface area contributed by atoms with Crippen molar-refractivity contribution in [1.29, 1.82) is 0 Å². The number of nitrogens with zero attached hydrogens (tertiary/aromatic N) is 4. The van der Waals surface area contributed by atoms with Crippen molar-refractivity contribution in [3.05, 3.63) is 52.1 Å². The van der Waals surface area contributed by atoms with Crippen molar-refractivity contribution < 1.29 is 9.53 Å². The number of piperidine rings is 1. The smallest absolute Gasteiger partial charge is 0.321 e. The summed E-state index contributed by atoms with van der Waals surface area (Å²) >= 11 is 12.0. The molecule has 0 radical (unpaired) electrons. The molecule has 1 aromatic heterocycles. The summed E-state index contributed by atoms with van der Waals surface area (Å²) in [4.78, 5) is 24.0. The molecule has 2 fully saturated rings. The molecule has 190 valence electrons. The lowest BCUT2D eigenvalue weighted by molar-refractivity contribution is 0.0984. The van der Waals surface area contributed by atoms with Crippen molar-refractivity contribution in [3.63, 3.8) is 0 Å². The third-order valence-electron chi connectivity index (χ3n) is 6.51. The number of nitrogens with one attached hydrogen (secondary N) is 1. The van der Waals surface area contributed by atoms with E-state index in [0.29, 0.717) is 27.5 Å². The van der Waals surface area contributed by atoms with E-state index < -0.39 is 0 Å². The van der Waals surface area contributed by atoms with Crippen LogP contribution in [0.25, 0.3) is 0 Å². The van der Waals surface area contributed by atoms with Crippen molar-refractivity contribution in [3.8, 4) is 5.88 Å². The van der Waals surface area contributed by atoms with Gasteiger partial charge in [-0.05, 0) is 62.9 Å². The maximum absolute atomic E-state index is 12.7. The van der Waals surface area contributed by atoms with Crippen LogP contribution in [0.2, 0.25) is 10.0 Å². The Morgan fingerprint density at radius 2 is 1.89 bits per heavy atom. The van der Waals surface area contributed by atoms with Gasteiger partial charge in [-0.1, -0.05) is 29.3 Å². The Morgan fingerprint density at radius 3 is 2.57 bits per heavy atom. The first-order chi connectivity index (χ1) is 16.9. The fraction of sp³-hybridized carbons (Fsp3) is 0.538. The van der Waals surface area contributed by atoms with Gasteiger partial charge < -0.3 is 15.0 Å². The van der Waals surface area contributed by atoms with Crippen LogP contribution in [0.3, 0.4) is 0 Å². The Morgan fingerprint density at radius 1 is 1.09 bits per heavy atom. The average molecular weight is 521 g/mol. The number of amides is 2. The van der Waals surface area contributed by atoms with Crippen molar-refractivity contribution in [2.24, 2.45) is 5.92 Å². The summed E-state index contributed by atoms with van der Waals surface area (Å²) in [7, 11) is 0. The summed E-state index contributed by atoms with van der Waals surface area (Å²) in [6.07, 6.45) is 4.55. The molecule has 0 spiro atoms. The molecule has 35 heavy (non-hydrogen) atoms. The number of rotatable bonds is 7. The van der Waals surface area contributed by atoms with Crippen LogP contribution in [-0.4, -0.2) is 77.6 Å². The van der Waals surface area contributed by atoms with Gasteiger partial charge in [0.2, 0.25) is 5.88 Å². The molecule has 1 aromatic carbocycles. The van der Waals surface area contributed by atoms with E-state index in [1.165, 1.54) is 18.4 Å². The lowest BCUT2D eigenvalue weighted by Gasteiger charge is -2.39. The predicted octanol–water partition coefficient (Wildman–Crippen LogP) is 5.24. The molecule has 2 aromatic rings. The maximum Gasteiger partial charge on any atom is 0.321 e. The molecule has 7 nitrogen and oxygen atoms in total. The number of hydrogen-bond donors (Lipinski definition) is 1. The zero-order chi connectivity index (χ0) is 24.8. The molecule has 2 saturated heterocycles. The van der Waals surface area contributed by atoms with Crippen molar-refractivity contribution >= 4 is 34.9 Å². The van der Waals surface area contributed by atoms with E-state index in [9.17, 15) is 4.79 Å². The highest BCUT2D eigenvalue weighted by atomic mass is 35.5.